The van der Waals surface area contributed by atoms with Gasteiger partial charge in [0.2, 0.25) is 0 Å². The molecule has 1 aliphatic heterocycles. The molecule has 0 saturated carbocycles. The van der Waals surface area contributed by atoms with Gasteiger partial charge < -0.3 is 15.3 Å². The molecule has 1 fully saturated rings. The van der Waals surface area contributed by atoms with E-state index >= 15 is 0 Å². The minimum Gasteiger partial charge on any atom is -0.465 e. The van der Waals surface area contributed by atoms with E-state index in [-0.39, 0.29) is 17.8 Å². The lowest BCUT2D eigenvalue weighted by Gasteiger charge is -2.19. The first-order chi connectivity index (χ1) is 11.9. The number of carboxylic acid groups (broad SMARTS) is 1. The van der Waals surface area contributed by atoms with Crippen LogP contribution in [0, 0.1) is 12.7 Å². The van der Waals surface area contributed by atoms with Gasteiger partial charge in [0.05, 0.1) is 0 Å². The minimum atomic E-state index is -0.916. The second kappa shape index (κ2) is 7.00. The van der Waals surface area contributed by atoms with Gasteiger partial charge in [0.1, 0.15) is 17.3 Å². The predicted molar refractivity (Wildman–Crippen MR) is 90.1 cm³/mol. The van der Waals surface area contributed by atoms with Crippen molar-refractivity contribution in [3.05, 3.63) is 47.2 Å². The minimum absolute atomic E-state index is 0.0219. The third-order valence-electron chi connectivity index (χ3n) is 4.40. The van der Waals surface area contributed by atoms with Crippen LogP contribution in [0.5, 0.6) is 0 Å². The molecule has 2 aromatic rings. The lowest BCUT2D eigenvalue weighted by molar-refractivity contribution is 0.155. The molecule has 0 radical (unpaired) electrons. The maximum Gasteiger partial charge on any atom is 0.407 e. The topological polar surface area (TPSA) is 91.2 Å². The zero-order valence-electron chi connectivity index (χ0n) is 14.1. The lowest BCUT2D eigenvalue weighted by atomic mass is 9.97. The molecule has 1 aliphatic rings. The molecule has 8 heteroatoms. The SMILES string of the molecule is Cc1nnc(C(C)c2ccc(F)cc2)c(N[C@@H]2CCN(C(=O)O)C2)n1. The number of nitrogens with one attached hydrogen (secondary N) is 1. The Kier molecular flexibility index (Phi) is 4.78. The number of hydrogen-bond donors (Lipinski definition) is 2. The average Bonchev–Trinajstić information content (AvgIpc) is 3.04. The van der Waals surface area contributed by atoms with Crippen molar-refractivity contribution in [1.82, 2.24) is 20.1 Å². The first-order valence-corrected chi connectivity index (χ1v) is 8.15. The molecule has 7 nitrogen and oxygen atoms in total. The van der Waals surface area contributed by atoms with E-state index in [2.05, 4.69) is 20.5 Å². The third-order valence-corrected chi connectivity index (χ3v) is 4.40. The normalized spacial score (nSPS) is 18.2. The number of halogens is 1. The van der Waals surface area contributed by atoms with E-state index in [4.69, 9.17) is 5.11 Å². The van der Waals surface area contributed by atoms with E-state index in [1.807, 2.05) is 6.92 Å². The van der Waals surface area contributed by atoms with Crippen LogP contribution in [0.1, 0.15) is 36.3 Å². The number of anilines is 1. The van der Waals surface area contributed by atoms with E-state index in [0.717, 1.165) is 5.56 Å². The number of hydrogen-bond acceptors (Lipinski definition) is 5. The first kappa shape index (κ1) is 17.1. The number of aromatic nitrogens is 3. The number of amides is 1. The zero-order valence-corrected chi connectivity index (χ0v) is 14.1. The van der Waals surface area contributed by atoms with Crippen molar-refractivity contribution in [3.63, 3.8) is 0 Å². The third kappa shape index (κ3) is 3.84. The molecule has 0 bridgehead atoms. The highest BCUT2D eigenvalue weighted by Crippen LogP contribution is 2.28. The number of rotatable bonds is 4. The smallest absolute Gasteiger partial charge is 0.407 e. The van der Waals surface area contributed by atoms with Crippen LogP contribution in [0.25, 0.3) is 0 Å². The Hall–Kier alpha value is -2.77. The Morgan fingerprint density at radius 1 is 1.36 bits per heavy atom. The molecular formula is C17H20FN5O2. The summed E-state index contributed by atoms with van der Waals surface area (Å²) in [6, 6.07) is 6.23. The number of benzene rings is 1. The van der Waals surface area contributed by atoms with Crippen molar-refractivity contribution in [2.24, 2.45) is 0 Å². The zero-order chi connectivity index (χ0) is 18.0. The quantitative estimate of drug-likeness (QED) is 0.885. The summed E-state index contributed by atoms with van der Waals surface area (Å²) in [5.74, 6) is 0.718. The van der Waals surface area contributed by atoms with Gasteiger partial charge in [-0.05, 0) is 31.0 Å². The van der Waals surface area contributed by atoms with Crippen LogP contribution in [0.3, 0.4) is 0 Å². The molecule has 0 spiro atoms. The standard InChI is InChI=1S/C17H20FN5O2/c1-10(12-3-5-13(18)6-4-12)15-16(19-11(2)21-22-15)20-14-7-8-23(9-14)17(24)25/h3-6,10,14H,7-9H2,1-2H3,(H,24,25)(H,19,20,21)/t10?,14-/m1/s1. The monoisotopic (exact) mass is 345 g/mol. The van der Waals surface area contributed by atoms with Crippen molar-refractivity contribution in [2.45, 2.75) is 32.2 Å². The van der Waals surface area contributed by atoms with Crippen LogP contribution in [0.15, 0.2) is 24.3 Å². The summed E-state index contributed by atoms with van der Waals surface area (Å²) >= 11 is 0. The number of carbonyl (C=O) groups is 1. The molecule has 25 heavy (non-hydrogen) atoms. The van der Waals surface area contributed by atoms with Crippen molar-refractivity contribution < 1.29 is 14.3 Å². The summed E-state index contributed by atoms with van der Waals surface area (Å²) in [5.41, 5.74) is 1.56. The maximum absolute atomic E-state index is 13.2. The van der Waals surface area contributed by atoms with Gasteiger partial charge in [-0.2, -0.15) is 0 Å². The van der Waals surface area contributed by atoms with Crippen LogP contribution in [0.2, 0.25) is 0 Å². The molecule has 132 valence electrons. The van der Waals surface area contributed by atoms with E-state index in [9.17, 15) is 9.18 Å². The molecule has 3 rings (SSSR count). The number of aryl methyl sites for hydroxylation is 1. The first-order valence-electron chi connectivity index (χ1n) is 8.15. The fourth-order valence-corrected chi connectivity index (χ4v) is 2.97. The van der Waals surface area contributed by atoms with Gasteiger partial charge in [-0.1, -0.05) is 19.1 Å². The number of nitrogens with zero attached hydrogens (tertiary/aromatic N) is 4. The summed E-state index contributed by atoms with van der Waals surface area (Å²) in [6.45, 7) is 4.61. The van der Waals surface area contributed by atoms with E-state index in [1.54, 1.807) is 19.1 Å². The van der Waals surface area contributed by atoms with Gasteiger partial charge in [-0.3, -0.25) is 0 Å². The number of likely N-dealkylation sites (tertiary alicyclic amines) is 1. The van der Waals surface area contributed by atoms with Gasteiger partial charge in [0, 0.05) is 25.0 Å². The highest BCUT2D eigenvalue weighted by atomic mass is 19.1. The molecular weight excluding hydrogens is 325 g/mol. The van der Waals surface area contributed by atoms with Gasteiger partial charge in [0.25, 0.3) is 0 Å². The van der Waals surface area contributed by atoms with Crippen molar-refractivity contribution >= 4 is 11.9 Å². The summed E-state index contributed by atoms with van der Waals surface area (Å²) in [7, 11) is 0. The van der Waals surface area contributed by atoms with Crippen LogP contribution in [0.4, 0.5) is 15.0 Å². The molecule has 2 heterocycles. The fraction of sp³-hybridized carbons (Fsp3) is 0.412. The van der Waals surface area contributed by atoms with Crippen LogP contribution >= 0.6 is 0 Å². The Morgan fingerprint density at radius 2 is 2.08 bits per heavy atom. The molecule has 1 unspecified atom stereocenters. The summed E-state index contributed by atoms with van der Waals surface area (Å²) < 4.78 is 13.2. The molecule has 1 aromatic carbocycles. The predicted octanol–water partition coefficient (Wildman–Crippen LogP) is 2.64. The van der Waals surface area contributed by atoms with Gasteiger partial charge in [-0.15, -0.1) is 10.2 Å². The molecule has 2 N–H and O–H groups in total. The fourth-order valence-electron chi connectivity index (χ4n) is 2.97. The summed E-state index contributed by atoms with van der Waals surface area (Å²) in [6.07, 6.45) is -0.208. The van der Waals surface area contributed by atoms with Gasteiger partial charge >= 0.3 is 6.09 Å². The van der Waals surface area contributed by atoms with E-state index in [0.29, 0.717) is 36.8 Å². The Balaban J connectivity index is 1.83. The molecule has 2 atom stereocenters. The second-order valence-corrected chi connectivity index (χ2v) is 6.22. The Morgan fingerprint density at radius 3 is 2.72 bits per heavy atom. The highest BCUT2D eigenvalue weighted by Gasteiger charge is 2.27. The van der Waals surface area contributed by atoms with E-state index in [1.165, 1.54) is 17.0 Å². The lowest BCUT2D eigenvalue weighted by Crippen LogP contribution is -2.30. The van der Waals surface area contributed by atoms with Crippen molar-refractivity contribution in [3.8, 4) is 0 Å². The highest BCUT2D eigenvalue weighted by molar-refractivity contribution is 5.65. The van der Waals surface area contributed by atoms with Crippen LogP contribution in [-0.4, -0.2) is 50.4 Å². The molecule has 0 aliphatic carbocycles. The largest absolute Gasteiger partial charge is 0.465 e. The van der Waals surface area contributed by atoms with Crippen LogP contribution < -0.4 is 5.32 Å². The molecule has 1 aromatic heterocycles. The Labute approximate surface area is 144 Å². The molecule has 1 amide bonds. The van der Waals surface area contributed by atoms with Crippen molar-refractivity contribution in [2.75, 3.05) is 18.4 Å². The second-order valence-electron chi connectivity index (χ2n) is 6.22. The summed E-state index contributed by atoms with van der Waals surface area (Å²) in [4.78, 5) is 16.9. The van der Waals surface area contributed by atoms with Crippen molar-refractivity contribution in [1.29, 1.82) is 0 Å². The van der Waals surface area contributed by atoms with Crippen LogP contribution in [-0.2, 0) is 0 Å². The Bertz CT molecular complexity index is 768. The maximum atomic E-state index is 13.2. The van der Waals surface area contributed by atoms with E-state index < -0.39 is 6.09 Å². The molecule has 1 saturated heterocycles. The average molecular weight is 345 g/mol. The summed E-state index contributed by atoms with van der Waals surface area (Å²) in [5, 5.41) is 20.7. The van der Waals surface area contributed by atoms with Gasteiger partial charge in [0.15, 0.2) is 5.82 Å². The van der Waals surface area contributed by atoms with Gasteiger partial charge in [-0.25, -0.2) is 14.2 Å².